The summed E-state index contributed by atoms with van der Waals surface area (Å²) in [4.78, 5) is 22.5. The third-order valence-corrected chi connectivity index (χ3v) is 6.23. The predicted molar refractivity (Wildman–Crippen MR) is 145 cm³/mol. The first-order valence-electron chi connectivity index (χ1n) is 12.6. The Morgan fingerprint density at radius 1 is 1.00 bits per heavy atom. The molecule has 0 saturated heterocycles. The van der Waals surface area contributed by atoms with Gasteiger partial charge in [0, 0.05) is 17.6 Å². The maximum atomic E-state index is 13.3. The van der Waals surface area contributed by atoms with Crippen molar-refractivity contribution in [3.05, 3.63) is 71.4 Å². The van der Waals surface area contributed by atoms with Gasteiger partial charge in [0.25, 0.3) is 5.91 Å². The van der Waals surface area contributed by atoms with Crippen LogP contribution in [-0.2, 0) is 12.8 Å². The minimum Gasteiger partial charge on any atom is -0.506 e. The number of hydrogen-bond donors (Lipinski definition) is 4. The van der Waals surface area contributed by atoms with Gasteiger partial charge in [-0.25, -0.2) is 4.98 Å². The molecule has 0 aliphatic heterocycles. The lowest BCUT2D eigenvalue weighted by atomic mass is 9.82. The standard InChI is InChI=1S/C29H37N5O2/c1-28(2,3)18-29(4,5)34-25-17-23(32-27(33-25)31-22-12-8-9-13-24(22)35)26(36)30-21-15-14-19-10-6-7-11-20(19)16-21/h6-13,17,21,35H,14-16,18H2,1-5H3,(H,30,36)(H2,31,32,33,34). The number of rotatable bonds is 7. The molecule has 1 amide bonds. The van der Waals surface area contributed by atoms with Crippen LogP contribution < -0.4 is 16.0 Å². The van der Waals surface area contributed by atoms with Gasteiger partial charge in [0.1, 0.15) is 17.3 Å². The van der Waals surface area contributed by atoms with E-state index in [1.165, 1.54) is 11.1 Å². The summed E-state index contributed by atoms with van der Waals surface area (Å²) in [6.45, 7) is 10.8. The number of fused-ring (bicyclic) bond motifs is 1. The van der Waals surface area contributed by atoms with Gasteiger partial charge in [0.05, 0.1) is 5.69 Å². The van der Waals surface area contributed by atoms with Crippen molar-refractivity contribution in [2.24, 2.45) is 5.41 Å². The highest BCUT2D eigenvalue weighted by molar-refractivity contribution is 5.93. The number of nitrogens with one attached hydrogen (secondary N) is 3. The molecule has 3 aromatic rings. The van der Waals surface area contributed by atoms with Gasteiger partial charge >= 0.3 is 0 Å². The van der Waals surface area contributed by atoms with E-state index in [0.717, 1.165) is 25.7 Å². The lowest BCUT2D eigenvalue weighted by Crippen LogP contribution is -2.39. The molecule has 1 aliphatic carbocycles. The zero-order valence-corrected chi connectivity index (χ0v) is 21.9. The number of anilines is 3. The number of benzene rings is 2. The van der Waals surface area contributed by atoms with Crippen molar-refractivity contribution < 1.29 is 9.90 Å². The lowest BCUT2D eigenvalue weighted by Gasteiger charge is -2.34. The molecule has 1 aromatic heterocycles. The average Bonchev–Trinajstić information content (AvgIpc) is 2.78. The Morgan fingerprint density at radius 2 is 1.69 bits per heavy atom. The van der Waals surface area contributed by atoms with E-state index in [1.54, 1.807) is 24.3 Å². The molecule has 0 fully saturated rings. The second-order valence-electron chi connectivity index (χ2n) is 11.5. The highest BCUT2D eigenvalue weighted by atomic mass is 16.3. The van der Waals surface area contributed by atoms with Crippen molar-refractivity contribution in [3.63, 3.8) is 0 Å². The van der Waals surface area contributed by atoms with E-state index in [2.05, 4.69) is 78.7 Å². The monoisotopic (exact) mass is 487 g/mol. The number of nitrogens with zero attached hydrogens (tertiary/aromatic N) is 2. The molecule has 4 N–H and O–H groups in total. The van der Waals surface area contributed by atoms with Gasteiger partial charge in [-0.2, -0.15) is 4.98 Å². The predicted octanol–water partition coefficient (Wildman–Crippen LogP) is 5.84. The Kier molecular flexibility index (Phi) is 7.20. The van der Waals surface area contributed by atoms with Crippen molar-refractivity contribution in [2.45, 2.75) is 71.9 Å². The molecule has 7 nitrogen and oxygen atoms in total. The quantitative estimate of drug-likeness (QED) is 0.313. The molecule has 0 radical (unpaired) electrons. The minimum absolute atomic E-state index is 0.0469. The summed E-state index contributed by atoms with van der Waals surface area (Å²) in [5.74, 6) is 0.640. The van der Waals surface area contributed by atoms with E-state index in [9.17, 15) is 9.90 Å². The topological polar surface area (TPSA) is 99.2 Å². The van der Waals surface area contributed by atoms with E-state index < -0.39 is 0 Å². The molecular formula is C29H37N5O2. The van der Waals surface area contributed by atoms with Crippen LogP contribution in [0.4, 0.5) is 17.5 Å². The number of phenolic OH excluding ortho intramolecular Hbond substituents is 1. The van der Waals surface area contributed by atoms with Crippen molar-refractivity contribution in [1.82, 2.24) is 15.3 Å². The first-order valence-corrected chi connectivity index (χ1v) is 12.6. The van der Waals surface area contributed by atoms with E-state index >= 15 is 0 Å². The Bertz CT molecular complexity index is 1230. The Morgan fingerprint density at radius 3 is 2.42 bits per heavy atom. The fourth-order valence-electron chi connectivity index (χ4n) is 5.18. The normalized spacial score (nSPS) is 15.6. The van der Waals surface area contributed by atoms with Crippen LogP contribution in [-0.4, -0.2) is 32.6 Å². The SMILES string of the molecule is CC(C)(C)CC(C)(C)Nc1cc(C(=O)NC2CCc3ccccc3C2)nc(Nc2ccccc2O)n1. The van der Waals surface area contributed by atoms with Gasteiger partial charge in [-0.1, -0.05) is 57.2 Å². The number of carbonyl (C=O) groups excluding carboxylic acids is 1. The van der Waals surface area contributed by atoms with Crippen LogP contribution >= 0.6 is 0 Å². The van der Waals surface area contributed by atoms with Crippen LogP contribution in [0.1, 0.15) is 69.1 Å². The highest BCUT2D eigenvalue weighted by Gasteiger charge is 2.27. The summed E-state index contributed by atoms with van der Waals surface area (Å²) < 4.78 is 0. The molecule has 1 heterocycles. The van der Waals surface area contributed by atoms with Crippen molar-refractivity contribution in [2.75, 3.05) is 10.6 Å². The summed E-state index contributed by atoms with van der Waals surface area (Å²) in [6.07, 6.45) is 3.54. The molecule has 0 saturated carbocycles. The summed E-state index contributed by atoms with van der Waals surface area (Å²) in [5.41, 5.74) is 3.23. The first-order chi connectivity index (χ1) is 17.0. The van der Waals surface area contributed by atoms with Crippen LogP contribution in [0.5, 0.6) is 5.75 Å². The van der Waals surface area contributed by atoms with Gasteiger partial charge in [-0.3, -0.25) is 4.79 Å². The Balaban J connectivity index is 1.59. The Labute approximate surface area is 213 Å². The fourth-order valence-corrected chi connectivity index (χ4v) is 5.18. The Hall–Kier alpha value is -3.61. The summed E-state index contributed by atoms with van der Waals surface area (Å²) >= 11 is 0. The third-order valence-electron chi connectivity index (χ3n) is 6.23. The van der Waals surface area contributed by atoms with Gasteiger partial charge in [0.15, 0.2) is 0 Å². The molecule has 4 rings (SSSR count). The van der Waals surface area contributed by atoms with Gasteiger partial charge in [-0.15, -0.1) is 0 Å². The van der Waals surface area contributed by atoms with Crippen molar-refractivity contribution >= 4 is 23.4 Å². The first kappa shape index (κ1) is 25.5. The van der Waals surface area contributed by atoms with Crippen molar-refractivity contribution in [3.8, 4) is 5.75 Å². The number of aromatic hydroxyl groups is 1. The van der Waals surface area contributed by atoms with Gasteiger partial charge in [-0.05, 0) is 68.2 Å². The average molecular weight is 488 g/mol. The summed E-state index contributed by atoms with van der Waals surface area (Å²) in [7, 11) is 0. The number of para-hydroxylation sites is 2. The second kappa shape index (κ2) is 10.2. The molecule has 1 unspecified atom stereocenters. The van der Waals surface area contributed by atoms with Crippen LogP contribution in [0.3, 0.4) is 0 Å². The second-order valence-corrected chi connectivity index (χ2v) is 11.5. The number of aromatic nitrogens is 2. The minimum atomic E-state index is -0.264. The van der Waals surface area contributed by atoms with E-state index in [4.69, 9.17) is 0 Å². The molecular weight excluding hydrogens is 450 g/mol. The molecule has 36 heavy (non-hydrogen) atoms. The summed E-state index contributed by atoms with van der Waals surface area (Å²) in [6, 6.07) is 17.0. The van der Waals surface area contributed by atoms with Crippen LogP contribution in [0.25, 0.3) is 0 Å². The van der Waals surface area contributed by atoms with E-state index in [0.29, 0.717) is 11.5 Å². The molecule has 0 spiro atoms. The van der Waals surface area contributed by atoms with E-state index in [1.807, 2.05) is 12.1 Å². The van der Waals surface area contributed by atoms with Crippen LogP contribution in [0, 0.1) is 5.41 Å². The van der Waals surface area contributed by atoms with E-state index in [-0.39, 0.29) is 40.3 Å². The molecule has 1 atom stereocenters. The third kappa shape index (κ3) is 6.74. The number of phenols is 1. The molecule has 1 aliphatic rings. The zero-order valence-electron chi connectivity index (χ0n) is 21.9. The maximum absolute atomic E-state index is 13.3. The molecule has 7 heteroatoms. The molecule has 2 aromatic carbocycles. The molecule has 0 bridgehead atoms. The lowest BCUT2D eigenvalue weighted by molar-refractivity contribution is 0.0928. The summed E-state index contributed by atoms with van der Waals surface area (Å²) in [5, 5.41) is 20.0. The highest BCUT2D eigenvalue weighted by Crippen LogP contribution is 2.30. The van der Waals surface area contributed by atoms with Crippen LogP contribution in [0.15, 0.2) is 54.6 Å². The number of hydrogen-bond acceptors (Lipinski definition) is 6. The fraction of sp³-hybridized carbons (Fsp3) is 0.414. The van der Waals surface area contributed by atoms with Crippen LogP contribution in [0.2, 0.25) is 0 Å². The largest absolute Gasteiger partial charge is 0.506 e. The number of carbonyl (C=O) groups is 1. The number of aryl methyl sites for hydroxylation is 1. The zero-order chi connectivity index (χ0) is 25.9. The number of amides is 1. The van der Waals surface area contributed by atoms with Crippen molar-refractivity contribution in [1.29, 1.82) is 0 Å². The maximum Gasteiger partial charge on any atom is 0.270 e. The van der Waals surface area contributed by atoms with Gasteiger partial charge < -0.3 is 21.1 Å². The smallest absolute Gasteiger partial charge is 0.270 e. The molecule has 190 valence electrons. The van der Waals surface area contributed by atoms with Gasteiger partial charge in [0.2, 0.25) is 5.95 Å².